The van der Waals surface area contributed by atoms with Gasteiger partial charge in [0.25, 0.3) is 0 Å². The third-order valence-corrected chi connectivity index (χ3v) is 4.51. The van der Waals surface area contributed by atoms with E-state index in [2.05, 4.69) is 15.6 Å². The molecule has 2 fully saturated rings. The zero-order valence-corrected chi connectivity index (χ0v) is 12.3. The number of carbonyl (C=O) groups is 1. The molecule has 0 saturated heterocycles. The molecule has 6 heteroatoms. The Bertz CT molecular complexity index is 716. The minimum absolute atomic E-state index is 0.0919. The molecule has 0 spiro atoms. The number of amides is 2. The number of aliphatic hydroxyl groups excluding tert-OH is 1. The lowest BCUT2D eigenvalue weighted by Crippen LogP contribution is -2.35. The molecule has 116 valence electrons. The van der Waals surface area contributed by atoms with Gasteiger partial charge in [-0.2, -0.15) is 0 Å². The Kier molecular flexibility index (Phi) is 3.07. The van der Waals surface area contributed by atoms with Crippen molar-refractivity contribution in [3.8, 4) is 0 Å². The van der Waals surface area contributed by atoms with Gasteiger partial charge in [0.05, 0.1) is 6.61 Å². The average molecular weight is 301 g/mol. The number of rotatable bonds is 5. The zero-order valence-electron chi connectivity index (χ0n) is 12.3. The van der Waals surface area contributed by atoms with E-state index in [4.69, 9.17) is 4.42 Å². The predicted molar refractivity (Wildman–Crippen MR) is 81.8 cm³/mol. The summed E-state index contributed by atoms with van der Waals surface area (Å²) in [6, 6.07) is 5.21. The van der Waals surface area contributed by atoms with Crippen molar-refractivity contribution < 1.29 is 14.3 Å². The Hall–Kier alpha value is -2.08. The lowest BCUT2D eigenvalue weighted by atomic mass is 10.1. The molecule has 1 heterocycles. The molecule has 22 heavy (non-hydrogen) atoms. The van der Waals surface area contributed by atoms with Crippen LogP contribution in [0.15, 0.2) is 22.6 Å². The maximum Gasteiger partial charge on any atom is 0.319 e. The van der Waals surface area contributed by atoms with E-state index in [1.54, 1.807) is 6.07 Å². The quantitative estimate of drug-likeness (QED) is 0.792. The van der Waals surface area contributed by atoms with E-state index in [0.29, 0.717) is 23.7 Å². The van der Waals surface area contributed by atoms with Crippen molar-refractivity contribution in [1.29, 1.82) is 0 Å². The van der Waals surface area contributed by atoms with Gasteiger partial charge in [-0.25, -0.2) is 9.78 Å². The number of nitrogens with one attached hydrogen (secondary N) is 2. The van der Waals surface area contributed by atoms with E-state index < -0.39 is 0 Å². The third-order valence-electron chi connectivity index (χ3n) is 4.51. The highest BCUT2D eigenvalue weighted by molar-refractivity contribution is 5.91. The van der Waals surface area contributed by atoms with Crippen LogP contribution in [0, 0.1) is 5.41 Å². The standard InChI is InChI=1S/C16H19N3O3/c20-9-16(5-6-16)8-17-15(21)18-11-3-4-12-13(7-11)22-14(19-12)10-1-2-10/h3-4,7,10,20H,1-2,5-6,8-9H2,(H2,17,18,21). The highest BCUT2D eigenvalue weighted by atomic mass is 16.3. The number of hydrogen-bond donors (Lipinski definition) is 3. The molecule has 0 bridgehead atoms. The molecule has 0 aliphatic heterocycles. The highest BCUT2D eigenvalue weighted by Gasteiger charge is 2.42. The first-order valence-corrected chi connectivity index (χ1v) is 7.74. The molecule has 1 aromatic heterocycles. The van der Waals surface area contributed by atoms with Gasteiger partial charge in [-0.15, -0.1) is 0 Å². The first kappa shape index (κ1) is 13.6. The summed E-state index contributed by atoms with van der Waals surface area (Å²) in [6.45, 7) is 0.632. The van der Waals surface area contributed by atoms with E-state index >= 15 is 0 Å². The summed E-state index contributed by atoms with van der Waals surface area (Å²) in [6.07, 6.45) is 4.23. The van der Waals surface area contributed by atoms with Crippen LogP contribution < -0.4 is 10.6 Å². The number of fused-ring (bicyclic) bond motifs is 1. The maximum atomic E-state index is 11.9. The number of aliphatic hydroxyl groups is 1. The van der Waals surface area contributed by atoms with Crippen LogP contribution in [0.1, 0.15) is 37.5 Å². The van der Waals surface area contributed by atoms with Crippen LogP contribution >= 0.6 is 0 Å². The van der Waals surface area contributed by atoms with Crippen LogP contribution in [0.5, 0.6) is 0 Å². The second-order valence-corrected chi connectivity index (χ2v) is 6.47. The smallest absolute Gasteiger partial charge is 0.319 e. The molecule has 0 unspecified atom stereocenters. The molecular formula is C16H19N3O3. The molecule has 2 aliphatic rings. The first-order valence-electron chi connectivity index (χ1n) is 7.74. The highest BCUT2D eigenvalue weighted by Crippen LogP contribution is 2.44. The van der Waals surface area contributed by atoms with Crippen LogP contribution in [-0.4, -0.2) is 29.3 Å². The molecule has 2 aromatic rings. The fourth-order valence-corrected chi connectivity index (χ4v) is 2.54. The van der Waals surface area contributed by atoms with E-state index in [-0.39, 0.29) is 18.1 Å². The van der Waals surface area contributed by atoms with Gasteiger partial charge in [0.1, 0.15) is 5.52 Å². The Morgan fingerprint density at radius 1 is 1.41 bits per heavy atom. The topological polar surface area (TPSA) is 87.4 Å². The van der Waals surface area contributed by atoms with Gasteiger partial charge in [-0.05, 0) is 37.8 Å². The molecule has 2 saturated carbocycles. The third kappa shape index (κ3) is 2.66. The number of anilines is 1. The van der Waals surface area contributed by atoms with Crippen molar-refractivity contribution in [3.63, 3.8) is 0 Å². The Morgan fingerprint density at radius 2 is 2.23 bits per heavy atom. The van der Waals surface area contributed by atoms with Crippen molar-refractivity contribution in [2.45, 2.75) is 31.6 Å². The maximum absolute atomic E-state index is 11.9. The molecule has 1 aromatic carbocycles. The first-order chi connectivity index (χ1) is 10.7. The molecule has 4 rings (SSSR count). The Morgan fingerprint density at radius 3 is 2.91 bits per heavy atom. The number of benzene rings is 1. The van der Waals surface area contributed by atoms with Gasteiger partial charge in [-0.1, -0.05) is 0 Å². The summed E-state index contributed by atoms with van der Waals surface area (Å²) in [4.78, 5) is 16.4. The summed E-state index contributed by atoms with van der Waals surface area (Å²) in [5, 5.41) is 14.8. The van der Waals surface area contributed by atoms with Crippen LogP contribution in [0.25, 0.3) is 11.1 Å². The van der Waals surface area contributed by atoms with Crippen molar-refractivity contribution in [2.75, 3.05) is 18.5 Å². The van der Waals surface area contributed by atoms with Crippen molar-refractivity contribution in [2.24, 2.45) is 5.41 Å². The monoisotopic (exact) mass is 301 g/mol. The van der Waals surface area contributed by atoms with E-state index in [0.717, 1.165) is 37.1 Å². The summed E-state index contributed by atoms with van der Waals surface area (Å²) >= 11 is 0. The van der Waals surface area contributed by atoms with E-state index in [1.807, 2.05) is 12.1 Å². The molecule has 0 radical (unpaired) electrons. The zero-order chi connectivity index (χ0) is 15.2. The van der Waals surface area contributed by atoms with Gasteiger partial charge in [0.15, 0.2) is 11.5 Å². The number of carbonyl (C=O) groups excluding carboxylic acids is 1. The number of aromatic nitrogens is 1. The number of urea groups is 1. The minimum atomic E-state index is -0.263. The van der Waals surface area contributed by atoms with E-state index in [9.17, 15) is 9.90 Å². The second kappa shape index (κ2) is 4.98. The molecule has 2 aliphatic carbocycles. The molecule has 0 atom stereocenters. The van der Waals surface area contributed by atoms with Gasteiger partial charge >= 0.3 is 6.03 Å². The van der Waals surface area contributed by atoms with Crippen molar-refractivity contribution >= 4 is 22.8 Å². The van der Waals surface area contributed by atoms with Crippen molar-refractivity contribution in [1.82, 2.24) is 10.3 Å². The number of oxazole rings is 1. The Balaban J connectivity index is 1.41. The van der Waals surface area contributed by atoms with Gasteiger partial charge in [0.2, 0.25) is 0 Å². The summed E-state index contributed by atoms with van der Waals surface area (Å²) in [5.74, 6) is 1.27. The van der Waals surface area contributed by atoms with Gasteiger partial charge < -0.3 is 20.2 Å². The van der Waals surface area contributed by atoms with Crippen LogP contribution in [0.2, 0.25) is 0 Å². The summed E-state index contributed by atoms with van der Waals surface area (Å²) in [7, 11) is 0. The summed E-state index contributed by atoms with van der Waals surface area (Å²) < 4.78 is 5.74. The van der Waals surface area contributed by atoms with Crippen molar-refractivity contribution in [3.05, 3.63) is 24.1 Å². The molecular weight excluding hydrogens is 282 g/mol. The van der Waals surface area contributed by atoms with E-state index in [1.165, 1.54) is 0 Å². The lowest BCUT2D eigenvalue weighted by Gasteiger charge is -2.13. The van der Waals surface area contributed by atoms with Crippen LogP contribution in [0.3, 0.4) is 0 Å². The number of nitrogens with zero attached hydrogens (tertiary/aromatic N) is 1. The second-order valence-electron chi connectivity index (χ2n) is 6.47. The fourth-order valence-electron chi connectivity index (χ4n) is 2.54. The van der Waals surface area contributed by atoms with Crippen LogP contribution in [-0.2, 0) is 0 Å². The van der Waals surface area contributed by atoms with Gasteiger partial charge in [0, 0.05) is 29.6 Å². The molecule has 6 nitrogen and oxygen atoms in total. The van der Waals surface area contributed by atoms with Crippen LogP contribution in [0.4, 0.5) is 10.5 Å². The summed E-state index contributed by atoms with van der Waals surface area (Å²) in [5.41, 5.74) is 2.11. The largest absolute Gasteiger partial charge is 0.440 e. The minimum Gasteiger partial charge on any atom is -0.440 e. The fraction of sp³-hybridized carbons (Fsp3) is 0.500. The van der Waals surface area contributed by atoms with Gasteiger partial charge in [-0.3, -0.25) is 0 Å². The Labute approximate surface area is 127 Å². The predicted octanol–water partition coefficient (Wildman–Crippen LogP) is 2.60. The normalized spacial score (nSPS) is 19.1. The lowest BCUT2D eigenvalue weighted by molar-refractivity contribution is 0.206. The molecule has 2 amide bonds. The average Bonchev–Trinajstić information content (AvgIpc) is 3.43. The SMILES string of the molecule is O=C(NCC1(CO)CC1)Nc1ccc2nc(C3CC3)oc2c1. The molecule has 3 N–H and O–H groups in total. The number of hydrogen-bond acceptors (Lipinski definition) is 4.